The molecule has 0 amide bonds. The molecule has 0 aromatic heterocycles. The molecule has 1 aliphatic heterocycles. The summed E-state index contributed by atoms with van der Waals surface area (Å²) >= 11 is 0. The van der Waals surface area contributed by atoms with Crippen LogP contribution in [0.2, 0.25) is 0 Å². The molecule has 1 aromatic rings. The summed E-state index contributed by atoms with van der Waals surface area (Å²) in [6, 6.07) is 11.1. The third kappa shape index (κ3) is 2.34. The fourth-order valence-corrected chi connectivity index (χ4v) is 3.88. The molecule has 4 atom stereocenters. The number of carbonyl (C=O) groups is 1. The molecule has 0 bridgehead atoms. The molecule has 1 saturated heterocycles. The normalized spacial score (nSPS) is 34.9. The highest BCUT2D eigenvalue weighted by molar-refractivity contribution is 5.86. The number of ketones is 1. The molecule has 0 radical (unpaired) electrons. The van der Waals surface area contributed by atoms with E-state index in [-0.39, 0.29) is 17.9 Å². The lowest BCUT2D eigenvalue weighted by molar-refractivity contribution is -0.133. The van der Waals surface area contributed by atoms with Crippen molar-refractivity contribution in [2.24, 2.45) is 11.8 Å². The van der Waals surface area contributed by atoms with Crippen LogP contribution in [0.4, 0.5) is 0 Å². The molecule has 2 fully saturated rings. The first-order chi connectivity index (χ1) is 9.31. The molecule has 2 heteroatoms. The highest BCUT2D eigenvalue weighted by Gasteiger charge is 2.43. The summed E-state index contributed by atoms with van der Waals surface area (Å²) in [5.74, 6) is 0.945. The Labute approximate surface area is 115 Å². The van der Waals surface area contributed by atoms with Crippen LogP contribution in [0.25, 0.3) is 0 Å². The molecule has 1 saturated carbocycles. The number of Topliss-reactive ketones (excluding diaryl/α,β-unsaturated/α-hetero) is 1. The van der Waals surface area contributed by atoms with Crippen LogP contribution in [0, 0.1) is 11.8 Å². The molecular formula is C17H23NO. The van der Waals surface area contributed by atoms with Gasteiger partial charge in [-0.1, -0.05) is 50.1 Å². The molecule has 1 aromatic carbocycles. The molecule has 2 aliphatic rings. The van der Waals surface area contributed by atoms with Gasteiger partial charge in [0.25, 0.3) is 0 Å². The first-order valence-corrected chi connectivity index (χ1v) is 7.66. The van der Waals surface area contributed by atoms with Crippen LogP contribution in [-0.4, -0.2) is 11.8 Å². The predicted octanol–water partition coefficient (Wildman–Crippen LogP) is 3.49. The zero-order valence-corrected chi connectivity index (χ0v) is 11.6. The Balaban J connectivity index is 1.89. The van der Waals surface area contributed by atoms with Crippen molar-refractivity contribution < 1.29 is 4.79 Å². The maximum atomic E-state index is 12.7. The second kappa shape index (κ2) is 5.46. The predicted molar refractivity (Wildman–Crippen MR) is 76.9 cm³/mol. The molecule has 4 unspecified atom stereocenters. The lowest BCUT2D eigenvalue weighted by atomic mass is 9.70. The van der Waals surface area contributed by atoms with Gasteiger partial charge in [0.1, 0.15) is 5.78 Å². The van der Waals surface area contributed by atoms with E-state index in [0.717, 1.165) is 19.3 Å². The highest BCUT2D eigenvalue weighted by Crippen LogP contribution is 2.39. The summed E-state index contributed by atoms with van der Waals surface area (Å²) in [5, 5.41) is 3.78. The minimum absolute atomic E-state index is 0.154. The lowest BCUT2D eigenvalue weighted by Crippen LogP contribution is -2.54. The Morgan fingerprint density at radius 3 is 2.63 bits per heavy atom. The van der Waals surface area contributed by atoms with Gasteiger partial charge < -0.3 is 5.32 Å². The zero-order chi connectivity index (χ0) is 13.2. The van der Waals surface area contributed by atoms with E-state index in [1.807, 2.05) is 6.07 Å². The minimum atomic E-state index is 0.154. The summed E-state index contributed by atoms with van der Waals surface area (Å²) in [4.78, 5) is 12.7. The topological polar surface area (TPSA) is 29.1 Å². The van der Waals surface area contributed by atoms with Crippen molar-refractivity contribution in [1.29, 1.82) is 0 Å². The van der Waals surface area contributed by atoms with Crippen molar-refractivity contribution in [2.75, 3.05) is 0 Å². The molecular weight excluding hydrogens is 234 g/mol. The Morgan fingerprint density at radius 2 is 1.89 bits per heavy atom. The van der Waals surface area contributed by atoms with Crippen LogP contribution >= 0.6 is 0 Å². The first kappa shape index (κ1) is 12.9. The van der Waals surface area contributed by atoms with Gasteiger partial charge in [-0.25, -0.2) is 0 Å². The van der Waals surface area contributed by atoms with Gasteiger partial charge in [0.2, 0.25) is 0 Å². The second-order valence-corrected chi connectivity index (χ2v) is 5.97. The quantitative estimate of drug-likeness (QED) is 0.878. The fraction of sp³-hybridized carbons (Fsp3) is 0.588. The van der Waals surface area contributed by atoms with Gasteiger partial charge in [-0.15, -0.1) is 0 Å². The number of hydrogen-bond acceptors (Lipinski definition) is 2. The number of nitrogens with one attached hydrogen (secondary N) is 1. The summed E-state index contributed by atoms with van der Waals surface area (Å²) in [5.41, 5.74) is 1.27. The van der Waals surface area contributed by atoms with Crippen molar-refractivity contribution in [3.05, 3.63) is 35.9 Å². The molecule has 3 rings (SSSR count). The van der Waals surface area contributed by atoms with E-state index in [1.165, 1.54) is 18.4 Å². The van der Waals surface area contributed by atoms with E-state index in [2.05, 4.69) is 36.5 Å². The summed E-state index contributed by atoms with van der Waals surface area (Å²) in [7, 11) is 0. The summed E-state index contributed by atoms with van der Waals surface area (Å²) < 4.78 is 0. The van der Waals surface area contributed by atoms with Crippen molar-refractivity contribution in [3.8, 4) is 0 Å². The number of piperidine rings is 1. The van der Waals surface area contributed by atoms with Crippen LogP contribution in [0.1, 0.15) is 50.6 Å². The number of fused-ring (bicyclic) bond motifs is 1. The van der Waals surface area contributed by atoms with E-state index < -0.39 is 0 Å². The van der Waals surface area contributed by atoms with Crippen LogP contribution in [-0.2, 0) is 4.79 Å². The molecule has 19 heavy (non-hydrogen) atoms. The van der Waals surface area contributed by atoms with Gasteiger partial charge in [-0.3, -0.25) is 4.79 Å². The number of hydrogen-bond donors (Lipinski definition) is 1. The van der Waals surface area contributed by atoms with E-state index in [9.17, 15) is 4.79 Å². The molecule has 1 heterocycles. The number of rotatable bonds is 2. The zero-order valence-electron chi connectivity index (χ0n) is 11.6. The van der Waals surface area contributed by atoms with E-state index in [1.54, 1.807) is 0 Å². The fourth-order valence-electron chi connectivity index (χ4n) is 3.88. The van der Waals surface area contributed by atoms with Gasteiger partial charge in [-0.05, 0) is 24.8 Å². The number of benzene rings is 1. The van der Waals surface area contributed by atoms with Gasteiger partial charge >= 0.3 is 0 Å². The minimum Gasteiger partial charge on any atom is -0.306 e. The number of carbonyl (C=O) groups excluding carboxylic acids is 1. The average molecular weight is 257 g/mol. The van der Waals surface area contributed by atoms with Crippen LogP contribution < -0.4 is 5.32 Å². The van der Waals surface area contributed by atoms with Crippen molar-refractivity contribution in [2.45, 2.75) is 51.1 Å². The monoisotopic (exact) mass is 257 g/mol. The maximum absolute atomic E-state index is 12.7. The largest absolute Gasteiger partial charge is 0.306 e. The van der Waals surface area contributed by atoms with Crippen molar-refractivity contribution in [3.63, 3.8) is 0 Å². The molecule has 0 spiro atoms. The SMILES string of the molecule is CCC1C(=O)C2CCCCC2NC1c1ccccc1. The van der Waals surface area contributed by atoms with Gasteiger partial charge in [0, 0.05) is 23.9 Å². The summed E-state index contributed by atoms with van der Waals surface area (Å²) in [6.45, 7) is 2.14. The average Bonchev–Trinajstić information content (AvgIpc) is 2.48. The molecule has 102 valence electrons. The molecule has 2 nitrogen and oxygen atoms in total. The van der Waals surface area contributed by atoms with Gasteiger partial charge in [0.15, 0.2) is 0 Å². The van der Waals surface area contributed by atoms with Crippen molar-refractivity contribution in [1.82, 2.24) is 5.32 Å². The van der Waals surface area contributed by atoms with Crippen LogP contribution in [0.3, 0.4) is 0 Å². The maximum Gasteiger partial charge on any atom is 0.142 e. The molecule has 1 aliphatic carbocycles. The van der Waals surface area contributed by atoms with Gasteiger partial charge in [-0.2, -0.15) is 0 Å². The van der Waals surface area contributed by atoms with E-state index in [4.69, 9.17) is 0 Å². The van der Waals surface area contributed by atoms with Crippen LogP contribution in [0.5, 0.6) is 0 Å². The lowest BCUT2D eigenvalue weighted by Gasteiger charge is -2.43. The Kier molecular flexibility index (Phi) is 3.69. The van der Waals surface area contributed by atoms with Crippen LogP contribution in [0.15, 0.2) is 30.3 Å². The Morgan fingerprint density at radius 1 is 1.16 bits per heavy atom. The smallest absolute Gasteiger partial charge is 0.142 e. The Hall–Kier alpha value is -1.15. The highest BCUT2D eigenvalue weighted by atomic mass is 16.1. The summed E-state index contributed by atoms with van der Waals surface area (Å²) in [6.07, 6.45) is 5.68. The van der Waals surface area contributed by atoms with E-state index >= 15 is 0 Å². The third-order valence-electron chi connectivity index (χ3n) is 4.89. The standard InChI is InChI=1S/C17H23NO/c1-2-13-16(12-8-4-3-5-9-12)18-15-11-7-6-10-14(15)17(13)19/h3-5,8-9,13-16,18H,2,6-7,10-11H2,1H3. The molecule has 1 N–H and O–H groups in total. The Bertz CT molecular complexity index is 442. The van der Waals surface area contributed by atoms with Gasteiger partial charge in [0.05, 0.1) is 0 Å². The second-order valence-electron chi connectivity index (χ2n) is 5.97. The first-order valence-electron chi connectivity index (χ1n) is 7.66. The third-order valence-corrected chi connectivity index (χ3v) is 4.89. The van der Waals surface area contributed by atoms with E-state index in [0.29, 0.717) is 11.8 Å². The van der Waals surface area contributed by atoms with Crippen molar-refractivity contribution >= 4 is 5.78 Å².